The molecule has 9 heteroatoms. The molecule has 0 saturated carbocycles. The topological polar surface area (TPSA) is 39.9 Å². The second-order valence-corrected chi connectivity index (χ2v) is 13.1. The molecule has 0 radical (unpaired) electrons. The highest BCUT2D eigenvalue weighted by Crippen LogP contribution is 2.32. The lowest BCUT2D eigenvalue weighted by atomic mass is 10.1. The van der Waals surface area contributed by atoms with Crippen LogP contribution in [-0.4, -0.2) is 29.2 Å². The zero-order valence-electron chi connectivity index (χ0n) is 16.7. The molecule has 156 valence electrons. The van der Waals surface area contributed by atoms with Crippen molar-refractivity contribution in [3.05, 3.63) is 34.9 Å². The summed E-state index contributed by atoms with van der Waals surface area (Å²) in [7, 11) is -1.33. The molecule has 2 heterocycles. The van der Waals surface area contributed by atoms with Gasteiger partial charge in [0.1, 0.15) is 17.7 Å². The van der Waals surface area contributed by atoms with Crippen LogP contribution in [0.2, 0.25) is 29.3 Å². The second kappa shape index (κ2) is 9.41. The number of hydrogen-bond donors (Lipinski definition) is 0. The van der Waals surface area contributed by atoms with E-state index in [1.54, 1.807) is 13.0 Å². The van der Waals surface area contributed by atoms with Crippen molar-refractivity contribution in [2.24, 2.45) is 0 Å². The summed E-state index contributed by atoms with van der Waals surface area (Å²) in [6, 6.07) is 6.18. The first-order valence-corrected chi connectivity index (χ1v) is 12.7. The highest BCUT2D eigenvalue weighted by Gasteiger charge is 2.35. The zero-order valence-corrected chi connectivity index (χ0v) is 18.5. The molecule has 0 spiro atoms. The lowest BCUT2D eigenvalue weighted by Gasteiger charge is -2.27. The van der Waals surface area contributed by atoms with Crippen molar-refractivity contribution in [1.29, 1.82) is 0 Å². The number of alkyl halides is 3. The molecule has 0 N–H and O–H groups in total. The van der Waals surface area contributed by atoms with Crippen LogP contribution in [0.5, 0.6) is 0 Å². The lowest BCUT2D eigenvalue weighted by Crippen LogP contribution is -2.32. The van der Waals surface area contributed by atoms with Crippen molar-refractivity contribution in [2.45, 2.75) is 64.8 Å². The molecule has 0 bridgehead atoms. The molecule has 0 aliphatic rings. The largest absolute Gasteiger partial charge is 0.434 e. The van der Waals surface area contributed by atoms with Crippen LogP contribution < -0.4 is 0 Å². The number of aryl methyl sites for hydroxylation is 1. The third kappa shape index (κ3) is 5.36. The van der Waals surface area contributed by atoms with Crippen LogP contribution in [0.1, 0.15) is 32.0 Å². The molecule has 0 fully saturated rings. The fourth-order valence-electron chi connectivity index (χ4n) is 3.35. The molecular formula is C19H27ClF3N3OSi. The first-order chi connectivity index (χ1) is 13.2. The minimum Gasteiger partial charge on any atom is -0.361 e. The molecule has 2 aromatic rings. The SMILES string of the molecule is CC[Si](CC)(CC)CCOCn1cc(C(F)(F)F)nc1-c1cnc(Cl)cc1C. The second-order valence-electron chi connectivity index (χ2n) is 7.09. The molecule has 0 unspecified atom stereocenters. The summed E-state index contributed by atoms with van der Waals surface area (Å²) in [6.45, 7) is 8.98. The Morgan fingerprint density at radius 3 is 2.36 bits per heavy atom. The Labute approximate surface area is 170 Å². The molecule has 0 aliphatic carbocycles. The summed E-state index contributed by atoms with van der Waals surface area (Å²) < 4.78 is 46.8. The molecule has 0 aliphatic heterocycles. The maximum atomic E-state index is 13.2. The fraction of sp³-hybridized carbons (Fsp3) is 0.579. The number of aromatic nitrogens is 3. The van der Waals surface area contributed by atoms with E-state index >= 15 is 0 Å². The summed E-state index contributed by atoms with van der Waals surface area (Å²) in [5.74, 6) is 0.180. The van der Waals surface area contributed by atoms with Crippen LogP contribution in [0, 0.1) is 6.92 Å². The van der Waals surface area contributed by atoms with Gasteiger partial charge in [0.25, 0.3) is 0 Å². The third-order valence-corrected chi connectivity index (χ3v) is 11.6. The van der Waals surface area contributed by atoms with E-state index in [0.717, 1.165) is 12.2 Å². The van der Waals surface area contributed by atoms with Gasteiger partial charge in [0.2, 0.25) is 0 Å². The molecule has 4 nitrogen and oxygen atoms in total. The molecule has 2 aromatic heterocycles. The van der Waals surface area contributed by atoms with Crippen molar-refractivity contribution in [3.8, 4) is 11.4 Å². The van der Waals surface area contributed by atoms with Gasteiger partial charge in [0.15, 0.2) is 5.69 Å². The van der Waals surface area contributed by atoms with E-state index in [1.165, 1.54) is 28.9 Å². The van der Waals surface area contributed by atoms with Gasteiger partial charge in [-0.2, -0.15) is 13.2 Å². The Morgan fingerprint density at radius 2 is 1.82 bits per heavy atom. The summed E-state index contributed by atoms with van der Waals surface area (Å²) in [5, 5.41) is 0.284. The van der Waals surface area contributed by atoms with Crippen LogP contribution in [-0.2, 0) is 17.6 Å². The Kier molecular flexibility index (Phi) is 7.70. The maximum Gasteiger partial charge on any atom is 0.434 e. The Morgan fingerprint density at radius 1 is 1.18 bits per heavy atom. The van der Waals surface area contributed by atoms with Crippen molar-refractivity contribution in [1.82, 2.24) is 14.5 Å². The summed E-state index contributed by atoms with van der Waals surface area (Å²) in [5.41, 5.74) is 0.262. The average Bonchev–Trinajstić information content (AvgIpc) is 3.07. The molecule has 2 rings (SSSR count). The number of rotatable bonds is 9. The highest BCUT2D eigenvalue weighted by molar-refractivity contribution is 6.79. The smallest absolute Gasteiger partial charge is 0.361 e. The molecule has 0 amide bonds. The predicted molar refractivity (Wildman–Crippen MR) is 108 cm³/mol. The van der Waals surface area contributed by atoms with Crippen molar-refractivity contribution >= 4 is 19.7 Å². The number of pyridine rings is 1. The van der Waals surface area contributed by atoms with Gasteiger partial charge in [-0.1, -0.05) is 50.5 Å². The number of nitrogens with zero attached hydrogens (tertiary/aromatic N) is 3. The maximum absolute atomic E-state index is 13.2. The fourth-order valence-corrected chi connectivity index (χ4v) is 6.70. The van der Waals surface area contributed by atoms with Gasteiger partial charge in [-0.15, -0.1) is 0 Å². The van der Waals surface area contributed by atoms with Gasteiger partial charge in [-0.05, 0) is 24.6 Å². The normalized spacial score (nSPS) is 12.6. The average molecular weight is 434 g/mol. The van der Waals surface area contributed by atoms with Gasteiger partial charge < -0.3 is 9.30 Å². The number of hydrogen-bond acceptors (Lipinski definition) is 3. The monoisotopic (exact) mass is 433 g/mol. The molecular weight excluding hydrogens is 407 g/mol. The highest BCUT2D eigenvalue weighted by atomic mass is 35.5. The van der Waals surface area contributed by atoms with Crippen LogP contribution in [0.15, 0.2) is 18.5 Å². The number of imidazole rings is 1. The number of ether oxygens (including phenoxy) is 1. The van der Waals surface area contributed by atoms with E-state index in [1.807, 2.05) is 0 Å². The van der Waals surface area contributed by atoms with E-state index in [4.69, 9.17) is 16.3 Å². The molecule has 0 saturated heterocycles. The third-order valence-electron chi connectivity index (χ3n) is 5.64. The summed E-state index contributed by atoms with van der Waals surface area (Å²) in [6.07, 6.45) is -2.09. The van der Waals surface area contributed by atoms with Gasteiger partial charge in [-0.3, -0.25) is 0 Å². The molecule has 0 atom stereocenters. The summed E-state index contributed by atoms with van der Waals surface area (Å²) in [4.78, 5) is 7.79. The van der Waals surface area contributed by atoms with Crippen LogP contribution in [0.4, 0.5) is 13.2 Å². The Balaban J connectivity index is 2.22. The first-order valence-electron chi connectivity index (χ1n) is 9.50. The van der Waals surface area contributed by atoms with Gasteiger partial charge in [0, 0.05) is 24.6 Å². The minimum atomic E-state index is -4.53. The summed E-state index contributed by atoms with van der Waals surface area (Å²) >= 11 is 5.87. The van der Waals surface area contributed by atoms with Crippen molar-refractivity contribution in [3.63, 3.8) is 0 Å². The van der Waals surface area contributed by atoms with E-state index in [2.05, 4.69) is 30.7 Å². The quantitative estimate of drug-likeness (QED) is 0.260. The molecule has 28 heavy (non-hydrogen) atoms. The Bertz CT molecular complexity index is 783. The Hall–Kier alpha value is -1.38. The number of halogens is 4. The van der Waals surface area contributed by atoms with E-state index in [9.17, 15) is 13.2 Å². The van der Waals surface area contributed by atoms with Crippen LogP contribution in [0.3, 0.4) is 0 Å². The van der Waals surface area contributed by atoms with E-state index < -0.39 is 19.9 Å². The van der Waals surface area contributed by atoms with Gasteiger partial charge in [-0.25, -0.2) is 9.97 Å². The molecule has 0 aromatic carbocycles. The standard InChI is InChI=1S/C19H27ClF3N3OSi/c1-5-28(6-2,7-3)9-8-27-13-26-12-16(19(21,22)23)25-18(26)15-11-24-17(20)10-14(15)4/h10-12H,5-9,13H2,1-4H3. The van der Waals surface area contributed by atoms with Crippen molar-refractivity contribution < 1.29 is 17.9 Å². The predicted octanol–water partition coefficient (Wildman–Crippen LogP) is 6.41. The van der Waals surface area contributed by atoms with Crippen molar-refractivity contribution in [2.75, 3.05) is 6.61 Å². The van der Waals surface area contributed by atoms with Gasteiger partial charge in [0.05, 0.1) is 8.07 Å². The van der Waals surface area contributed by atoms with E-state index in [0.29, 0.717) is 17.7 Å². The zero-order chi connectivity index (χ0) is 20.9. The first kappa shape index (κ1) is 22.9. The van der Waals surface area contributed by atoms with E-state index in [-0.39, 0.29) is 17.7 Å². The van der Waals surface area contributed by atoms with Crippen LogP contribution in [0.25, 0.3) is 11.4 Å². The van der Waals surface area contributed by atoms with Gasteiger partial charge >= 0.3 is 6.18 Å². The van der Waals surface area contributed by atoms with Crippen LogP contribution >= 0.6 is 11.6 Å². The minimum absolute atomic E-state index is 0.0160. The lowest BCUT2D eigenvalue weighted by molar-refractivity contribution is -0.141.